The number of ether oxygens (including phenoxy) is 2. The van der Waals surface area contributed by atoms with Crippen molar-refractivity contribution in [3.8, 4) is 0 Å². The minimum Gasteiger partial charge on any atom is -0.463 e. The van der Waals surface area contributed by atoms with E-state index in [0.717, 1.165) is 51.4 Å². The third kappa shape index (κ3) is 19.5. The Hall–Kier alpha value is -3.25. The van der Waals surface area contributed by atoms with Crippen molar-refractivity contribution in [2.45, 2.75) is 144 Å². The second-order valence-electron chi connectivity index (χ2n) is 13.2. The van der Waals surface area contributed by atoms with Gasteiger partial charge in [0.25, 0.3) is 0 Å². The van der Waals surface area contributed by atoms with Gasteiger partial charge >= 0.3 is 5.97 Å². The molecule has 6 nitrogen and oxygen atoms in total. The molecule has 4 atom stereocenters. The van der Waals surface area contributed by atoms with E-state index in [9.17, 15) is 14.4 Å². The van der Waals surface area contributed by atoms with E-state index in [2.05, 4.69) is 99.8 Å². The molecule has 0 radical (unpaired) electrons. The highest BCUT2D eigenvalue weighted by molar-refractivity contribution is 5.91. The smallest absolute Gasteiger partial charge is 0.333 e. The van der Waals surface area contributed by atoms with Gasteiger partial charge in [-0.05, 0) is 95.0 Å². The summed E-state index contributed by atoms with van der Waals surface area (Å²) in [5.41, 5.74) is 0.579. The minimum atomic E-state index is -0.569. The Balaban J connectivity index is 2.51. The van der Waals surface area contributed by atoms with Crippen molar-refractivity contribution < 1.29 is 23.9 Å². The Morgan fingerprint density at radius 1 is 0.796 bits per heavy atom. The number of ketones is 1. The van der Waals surface area contributed by atoms with Gasteiger partial charge in [0.1, 0.15) is 0 Å². The first-order chi connectivity index (χ1) is 23.7. The van der Waals surface area contributed by atoms with E-state index in [1.807, 2.05) is 26.0 Å². The lowest BCUT2D eigenvalue weighted by Gasteiger charge is -2.36. The van der Waals surface area contributed by atoms with Crippen LogP contribution in [0.2, 0.25) is 0 Å². The molecule has 0 heterocycles. The van der Waals surface area contributed by atoms with Crippen molar-refractivity contribution in [2.75, 3.05) is 6.61 Å². The molecule has 6 heteroatoms. The van der Waals surface area contributed by atoms with Crippen molar-refractivity contribution >= 4 is 17.7 Å². The van der Waals surface area contributed by atoms with Gasteiger partial charge in [0, 0.05) is 18.4 Å². The van der Waals surface area contributed by atoms with Gasteiger partial charge in [-0.1, -0.05) is 114 Å². The Morgan fingerprint density at radius 3 is 1.78 bits per heavy atom. The fraction of sp³-hybridized carbons (Fsp3) is 0.605. The molecule has 0 saturated carbocycles. The average molecular weight is 678 g/mol. The van der Waals surface area contributed by atoms with Gasteiger partial charge in [0.2, 0.25) is 5.91 Å². The maximum Gasteiger partial charge on any atom is 0.333 e. The van der Waals surface area contributed by atoms with Crippen molar-refractivity contribution in [3.63, 3.8) is 0 Å². The van der Waals surface area contributed by atoms with Crippen LogP contribution in [0.1, 0.15) is 126 Å². The maximum absolute atomic E-state index is 13.6. The number of allylic oxidation sites excluding steroid dienone is 12. The number of hydrogen-bond donors (Lipinski definition) is 1. The second kappa shape index (κ2) is 27.6. The summed E-state index contributed by atoms with van der Waals surface area (Å²) >= 11 is 0. The molecule has 0 unspecified atom stereocenters. The standard InChI is InChI=1S/C43H67NO5/c1-8-12-13-14-15-16-17-18-19-20-21-22-23-24-25-26-27-28-29-30-41(46)44-42(34(5)6)39(45)32-36-31-37(43(47)48-11-4)33-40(35(36)7)49-38(9-2)10-3/h12-13,15-16,18-19,21-22,24-25,27-28,33-36,38,40,42H,8-11,14,17,20,23,26,29-32H2,1-7H3,(H,44,46)/b13-12-,16-15-,19-18-,22-21-,25-24-,28-27-/t35-,36-,40-,42+/m1/s1. The first-order valence-corrected chi connectivity index (χ1v) is 18.9. The predicted molar refractivity (Wildman–Crippen MR) is 205 cm³/mol. The zero-order chi connectivity index (χ0) is 36.3. The highest BCUT2D eigenvalue weighted by atomic mass is 16.5. The van der Waals surface area contributed by atoms with Crippen molar-refractivity contribution in [1.29, 1.82) is 0 Å². The predicted octanol–water partition coefficient (Wildman–Crippen LogP) is 10.3. The molecule has 0 aromatic carbocycles. The van der Waals surface area contributed by atoms with E-state index in [1.165, 1.54) is 0 Å². The molecule has 1 aliphatic carbocycles. The van der Waals surface area contributed by atoms with Gasteiger partial charge in [-0.2, -0.15) is 0 Å². The zero-order valence-corrected chi connectivity index (χ0v) is 31.7. The van der Waals surface area contributed by atoms with Crippen molar-refractivity contribution in [1.82, 2.24) is 5.32 Å². The number of nitrogens with one attached hydrogen (secondary N) is 1. The summed E-state index contributed by atoms with van der Waals surface area (Å²) in [6.07, 6.45) is 36.9. The largest absolute Gasteiger partial charge is 0.463 e. The molecule has 0 bridgehead atoms. The molecule has 0 fully saturated rings. The summed E-state index contributed by atoms with van der Waals surface area (Å²) in [5, 5.41) is 3.00. The summed E-state index contributed by atoms with van der Waals surface area (Å²) < 4.78 is 11.7. The van der Waals surface area contributed by atoms with E-state index in [0.29, 0.717) is 31.4 Å². The molecule has 1 rings (SSSR count). The van der Waals surface area contributed by atoms with Crippen LogP contribution in [0.5, 0.6) is 0 Å². The summed E-state index contributed by atoms with van der Waals surface area (Å²) in [7, 11) is 0. The first-order valence-electron chi connectivity index (χ1n) is 18.9. The van der Waals surface area contributed by atoms with Crippen LogP contribution in [0.25, 0.3) is 0 Å². The van der Waals surface area contributed by atoms with Gasteiger partial charge in [-0.3, -0.25) is 9.59 Å². The summed E-state index contributed by atoms with van der Waals surface area (Å²) in [5.74, 6) is -0.524. The number of Topliss-reactive ketones (excluding diaryl/α,β-unsaturated/α-hetero) is 1. The molecular weight excluding hydrogens is 610 g/mol. The molecule has 49 heavy (non-hydrogen) atoms. The monoisotopic (exact) mass is 678 g/mol. The fourth-order valence-corrected chi connectivity index (χ4v) is 5.76. The zero-order valence-electron chi connectivity index (χ0n) is 31.7. The lowest BCUT2D eigenvalue weighted by Crippen LogP contribution is -2.46. The average Bonchev–Trinajstić information content (AvgIpc) is 3.08. The topological polar surface area (TPSA) is 81.7 Å². The van der Waals surface area contributed by atoms with Gasteiger partial charge in [-0.15, -0.1) is 0 Å². The number of hydrogen-bond acceptors (Lipinski definition) is 5. The van der Waals surface area contributed by atoms with Gasteiger partial charge < -0.3 is 14.8 Å². The third-order valence-corrected chi connectivity index (χ3v) is 8.84. The highest BCUT2D eigenvalue weighted by Gasteiger charge is 2.37. The van der Waals surface area contributed by atoms with E-state index in [-0.39, 0.29) is 54.0 Å². The van der Waals surface area contributed by atoms with E-state index >= 15 is 0 Å². The molecule has 1 aliphatic rings. The molecule has 0 saturated heterocycles. The van der Waals surface area contributed by atoms with Crippen LogP contribution in [-0.4, -0.2) is 42.5 Å². The maximum atomic E-state index is 13.6. The molecule has 1 N–H and O–H groups in total. The van der Waals surface area contributed by atoms with Crippen LogP contribution in [-0.2, 0) is 23.9 Å². The van der Waals surface area contributed by atoms with E-state index in [1.54, 1.807) is 6.92 Å². The Bertz CT molecular complexity index is 1150. The van der Waals surface area contributed by atoms with Crippen LogP contribution in [0, 0.1) is 17.8 Å². The molecule has 0 spiro atoms. The van der Waals surface area contributed by atoms with E-state index in [4.69, 9.17) is 9.47 Å². The lowest BCUT2D eigenvalue weighted by molar-refractivity contribution is -0.139. The number of carbonyl (C=O) groups excluding carboxylic acids is 3. The van der Waals surface area contributed by atoms with E-state index < -0.39 is 6.04 Å². The highest BCUT2D eigenvalue weighted by Crippen LogP contribution is 2.36. The summed E-state index contributed by atoms with van der Waals surface area (Å²) in [6.45, 7) is 14.4. The molecule has 0 aliphatic heterocycles. The van der Waals surface area contributed by atoms with Crippen molar-refractivity contribution in [3.05, 3.63) is 84.6 Å². The van der Waals surface area contributed by atoms with Gasteiger partial charge in [-0.25, -0.2) is 4.79 Å². The minimum absolute atomic E-state index is 0.000488. The Labute approximate surface area is 298 Å². The van der Waals surface area contributed by atoms with Crippen LogP contribution in [0.3, 0.4) is 0 Å². The molecule has 274 valence electrons. The molecule has 0 aromatic rings. The SMILES string of the molecule is CC/C=C\C/C=C\C/C=C\C/C=C\C/C=C\C/C=C\CCC(=O)N[C@H](C(=O)C[C@H]1CC(C(=O)OCC)=C[C@@H](OC(CC)CC)[C@@H]1C)C(C)C. The normalized spacial score (nSPS) is 19.4. The number of esters is 1. The summed E-state index contributed by atoms with van der Waals surface area (Å²) in [4.78, 5) is 39.1. The van der Waals surface area contributed by atoms with Gasteiger partial charge in [0.15, 0.2) is 5.78 Å². The first kappa shape index (κ1) is 43.8. The number of rotatable bonds is 25. The Kier molecular flexibility index (Phi) is 24.6. The van der Waals surface area contributed by atoms with Crippen LogP contribution in [0.15, 0.2) is 84.6 Å². The number of carbonyl (C=O) groups is 3. The lowest BCUT2D eigenvalue weighted by atomic mass is 9.75. The third-order valence-electron chi connectivity index (χ3n) is 8.84. The summed E-state index contributed by atoms with van der Waals surface area (Å²) in [6, 6.07) is -0.569. The second-order valence-corrected chi connectivity index (χ2v) is 13.2. The van der Waals surface area contributed by atoms with Crippen LogP contribution in [0.4, 0.5) is 0 Å². The van der Waals surface area contributed by atoms with Crippen LogP contribution >= 0.6 is 0 Å². The quantitative estimate of drug-likeness (QED) is 0.0768. The van der Waals surface area contributed by atoms with Gasteiger partial charge in [0.05, 0.1) is 24.9 Å². The fourth-order valence-electron chi connectivity index (χ4n) is 5.76. The molecule has 0 aromatic heterocycles. The molecular formula is C43H67NO5. The van der Waals surface area contributed by atoms with Crippen molar-refractivity contribution in [2.24, 2.45) is 17.8 Å². The van der Waals surface area contributed by atoms with Crippen LogP contribution < -0.4 is 5.32 Å². The Morgan fingerprint density at radius 2 is 1.31 bits per heavy atom. The molecule has 1 amide bonds. The number of amides is 1.